The lowest BCUT2D eigenvalue weighted by atomic mass is 10.1. The summed E-state index contributed by atoms with van der Waals surface area (Å²) in [6.07, 6.45) is 2.13. The van der Waals surface area contributed by atoms with Crippen LogP contribution in [0.2, 0.25) is 0 Å². The van der Waals surface area contributed by atoms with Crippen molar-refractivity contribution < 1.29 is 19.4 Å². The molecule has 2 aromatic carbocycles. The molecule has 0 aliphatic rings. The first-order chi connectivity index (χ1) is 15.7. The fourth-order valence-electron chi connectivity index (χ4n) is 3.13. The van der Waals surface area contributed by atoms with Gasteiger partial charge in [0.15, 0.2) is 11.6 Å². The van der Waals surface area contributed by atoms with Gasteiger partial charge < -0.3 is 14.6 Å². The number of benzene rings is 2. The molecule has 162 valence electrons. The van der Waals surface area contributed by atoms with Crippen LogP contribution in [0.25, 0.3) is 20.7 Å². The van der Waals surface area contributed by atoms with Gasteiger partial charge in [-0.1, -0.05) is 24.3 Å². The van der Waals surface area contributed by atoms with Crippen LogP contribution in [0.15, 0.2) is 60.0 Å². The molecule has 0 spiro atoms. The van der Waals surface area contributed by atoms with E-state index in [1.165, 1.54) is 24.8 Å². The Bertz CT molecular complexity index is 1290. The molecule has 32 heavy (non-hydrogen) atoms. The van der Waals surface area contributed by atoms with Crippen molar-refractivity contribution >= 4 is 39.6 Å². The zero-order valence-corrected chi connectivity index (χ0v) is 18.2. The molecule has 4 rings (SSSR count). The summed E-state index contributed by atoms with van der Waals surface area (Å²) in [5.74, 6) is 1.48. The Balaban J connectivity index is 1.72. The Morgan fingerprint density at radius 1 is 1.19 bits per heavy atom. The van der Waals surface area contributed by atoms with Crippen LogP contribution in [0.4, 0.5) is 5.82 Å². The van der Waals surface area contributed by atoms with E-state index in [1.54, 1.807) is 24.3 Å². The number of nitrogens with one attached hydrogen (secondary N) is 1. The molecule has 2 aromatic heterocycles. The van der Waals surface area contributed by atoms with Crippen molar-refractivity contribution in [1.82, 2.24) is 9.97 Å². The van der Waals surface area contributed by atoms with E-state index in [9.17, 15) is 9.90 Å². The van der Waals surface area contributed by atoms with Gasteiger partial charge in [-0.15, -0.1) is 16.4 Å². The number of hydrazone groups is 1. The van der Waals surface area contributed by atoms with Gasteiger partial charge in [0, 0.05) is 16.7 Å². The van der Waals surface area contributed by atoms with Crippen LogP contribution in [0.3, 0.4) is 0 Å². The summed E-state index contributed by atoms with van der Waals surface area (Å²) in [7, 11) is 1.50. The number of ether oxygens (including phenoxy) is 2. The SMILES string of the molecule is CCOc1ccccc1-c1sc2c(N/N=C(\OC)c3ccc(C=O)cc3)ncnc2c1O. The highest BCUT2D eigenvalue weighted by Crippen LogP contribution is 2.47. The Kier molecular flexibility index (Phi) is 6.27. The molecular formula is C23H20N4O4S. The summed E-state index contributed by atoms with van der Waals surface area (Å²) in [6.45, 7) is 2.42. The van der Waals surface area contributed by atoms with Crippen LogP contribution >= 0.6 is 11.3 Å². The quantitative estimate of drug-likeness (QED) is 0.183. The molecule has 8 nitrogen and oxygen atoms in total. The Morgan fingerprint density at radius 2 is 1.97 bits per heavy atom. The number of carbonyl (C=O) groups excluding carboxylic acids is 1. The second-order valence-electron chi connectivity index (χ2n) is 6.58. The standard InChI is InChI=1S/C23H20N4O4S/c1-3-31-17-7-5-4-6-16(17)20-19(29)18-21(32-20)22(25-13-24-18)26-27-23(30-2)15-10-8-14(12-28)9-11-15/h4-13,29H,3H2,1-2H3,(H,24,25,26)/b27-23-. The highest BCUT2D eigenvalue weighted by Gasteiger charge is 2.20. The first kappa shape index (κ1) is 21.3. The number of carbonyl (C=O) groups is 1. The van der Waals surface area contributed by atoms with E-state index in [0.29, 0.717) is 50.3 Å². The van der Waals surface area contributed by atoms with Crippen LogP contribution < -0.4 is 10.2 Å². The maximum absolute atomic E-state index is 10.9. The number of nitrogens with zero attached hydrogens (tertiary/aromatic N) is 3. The van der Waals surface area contributed by atoms with E-state index in [0.717, 1.165) is 11.8 Å². The van der Waals surface area contributed by atoms with Gasteiger partial charge >= 0.3 is 0 Å². The lowest BCUT2D eigenvalue weighted by Gasteiger charge is -2.08. The van der Waals surface area contributed by atoms with Gasteiger partial charge in [-0.05, 0) is 31.2 Å². The average Bonchev–Trinajstić information content (AvgIpc) is 3.17. The highest BCUT2D eigenvalue weighted by molar-refractivity contribution is 7.23. The fraction of sp³-hybridized carbons (Fsp3) is 0.130. The molecule has 0 amide bonds. The smallest absolute Gasteiger partial charge is 0.238 e. The second kappa shape index (κ2) is 9.44. The summed E-state index contributed by atoms with van der Waals surface area (Å²) in [4.78, 5) is 20.0. The summed E-state index contributed by atoms with van der Waals surface area (Å²) in [6, 6.07) is 14.4. The van der Waals surface area contributed by atoms with Crippen LogP contribution in [-0.2, 0) is 4.74 Å². The third-order valence-corrected chi connectivity index (χ3v) is 5.84. The number of methoxy groups -OCH3 is 1. The number of anilines is 1. The van der Waals surface area contributed by atoms with E-state index in [-0.39, 0.29) is 5.75 Å². The van der Waals surface area contributed by atoms with Gasteiger partial charge in [-0.3, -0.25) is 10.2 Å². The minimum absolute atomic E-state index is 0.0583. The highest BCUT2D eigenvalue weighted by atomic mass is 32.1. The number of hydrogen-bond acceptors (Lipinski definition) is 9. The van der Waals surface area contributed by atoms with E-state index >= 15 is 0 Å². The van der Waals surface area contributed by atoms with Crippen LogP contribution in [0, 0.1) is 0 Å². The monoisotopic (exact) mass is 448 g/mol. The van der Waals surface area contributed by atoms with Crippen molar-refractivity contribution in [2.24, 2.45) is 5.10 Å². The van der Waals surface area contributed by atoms with Crippen molar-refractivity contribution in [3.8, 4) is 21.9 Å². The van der Waals surface area contributed by atoms with Gasteiger partial charge in [0.2, 0.25) is 5.90 Å². The molecule has 0 radical (unpaired) electrons. The maximum Gasteiger partial charge on any atom is 0.238 e. The first-order valence-corrected chi connectivity index (χ1v) is 10.6. The minimum atomic E-state index is 0.0583. The molecule has 2 N–H and O–H groups in total. The zero-order chi connectivity index (χ0) is 22.5. The number of thiophene rings is 1. The van der Waals surface area contributed by atoms with Crippen LogP contribution in [0.1, 0.15) is 22.8 Å². The number of aromatic nitrogens is 2. The average molecular weight is 449 g/mol. The number of aromatic hydroxyl groups is 1. The molecule has 0 bridgehead atoms. The lowest BCUT2D eigenvalue weighted by molar-refractivity contribution is 0.112. The lowest BCUT2D eigenvalue weighted by Crippen LogP contribution is -2.07. The van der Waals surface area contributed by atoms with Gasteiger partial charge in [-0.2, -0.15) is 0 Å². The van der Waals surface area contributed by atoms with E-state index < -0.39 is 0 Å². The van der Waals surface area contributed by atoms with Crippen molar-refractivity contribution in [3.05, 3.63) is 66.0 Å². The molecule has 0 unspecified atom stereocenters. The molecule has 4 aromatic rings. The summed E-state index contributed by atoms with van der Waals surface area (Å²) < 4.78 is 11.7. The van der Waals surface area contributed by atoms with Gasteiger partial charge in [0.05, 0.1) is 18.6 Å². The predicted molar refractivity (Wildman–Crippen MR) is 125 cm³/mol. The molecule has 0 aliphatic carbocycles. The third-order valence-electron chi connectivity index (χ3n) is 4.63. The topological polar surface area (TPSA) is 106 Å². The summed E-state index contributed by atoms with van der Waals surface area (Å²) >= 11 is 1.34. The normalized spacial score (nSPS) is 11.4. The zero-order valence-electron chi connectivity index (χ0n) is 17.4. The summed E-state index contributed by atoms with van der Waals surface area (Å²) in [5, 5.41) is 15.2. The predicted octanol–water partition coefficient (Wildman–Crippen LogP) is 4.70. The molecule has 0 saturated carbocycles. The van der Waals surface area contributed by atoms with Gasteiger partial charge in [0.25, 0.3) is 0 Å². The second-order valence-corrected chi connectivity index (χ2v) is 7.60. The van der Waals surface area contributed by atoms with Gasteiger partial charge in [0.1, 0.15) is 28.6 Å². The summed E-state index contributed by atoms with van der Waals surface area (Å²) in [5.41, 5.74) is 5.35. The number of aldehydes is 1. The molecule has 0 atom stereocenters. The first-order valence-electron chi connectivity index (χ1n) is 9.78. The molecule has 0 saturated heterocycles. The van der Waals surface area contributed by atoms with E-state index in [1.807, 2.05) is 31.2 Å². The Labute approximate surface area is 188 Å². The number of hydrogen-bond donors (Lipinski definition) is 2. The van der Waals surface area contributed by atoms with Crippen LogP contribution in [0.5, 0.6) is 11.5 Å². The van der Waals surface area contributed by atoms with E-state index in [4.69, 9.17) is 9.47 Å². The Hall–Kier alpha value is -3.98. The van der Waals surface area contributed by atoms with Crippen molar-refractivity contribution in [1.29, 1.82) is 0 Å². The van der Waals surface area contributed by atoms with Crippen molar-refractivity contribution in [3.63, 3.8) is 0 Å². The minimum Gasteiger partial charge on any atom is -0.504 e. The van der Waals surface area contributed by atoms with E-state index in [2.05, 4.69) is 20.5 Å². The molecule has 2 heterocycles. The van der Waals surface area contributed by atoms with Gasteiger partial charge in [-0.25, -0.2) is 9.97 Å². The molecule has 9 heteroatoms. The third kappa shape index (κ3) is 4.10. The number of para-hydroxylation sites is 1. The molecule has 0 fully saturated rings. The number of rotatable bonds is 7. The fourth-order valence-corrected chi connectivity index (χ4v) is 4.25. The maximum atomic E-state index is 10.9. The Morgan fingerprint density at radius 3 is 2.69 bits per heavy atom. The van der Waals surface area contributed by atoms with Crippen molar-refractivity contribution in [2.45, 2.75) is 6.92 Å². The van der Waals surface area contributed by atoms with Crippen LogP contribution in [-0.4, -0.2) is 41.0 Å². The largest absolute Gasteiger partial charge is 0.504 e. The molecular weight excluding hydrogens is 428 g/mol. The molecule has 0 aliphatic heterocycles. The number of fused-ring (bicyclic) bond motifs is 1. The van der Waals surface area contributed by atoms with Crippen molar-refractivity contribution in [2.75, 3.05) is 19.1 Å².